The Kier molecular flexibility index (Phi) is 5.02. The number of nitrogens with zero attached hydrogens (tertiary/aromatic N) is 3. The molecule has 1 amide bonds. The van der Waals surface area contributed by atoms with E-state index in [0.717, 1.165) is 5.56 Å². The van der Waals surface area contributed by atoms with Crippen LogP contribution in [0.25, 0.3) is 11.3 Å². The number of anilines is 1. The van der Waals surface area contributed by atoms with E-state index < -0.39 is 5.25 Å². The summed E-state index contributed by atoms with van der Waals surface area (Å²) in [6, 6.07) is 10.8. The molecule has 0 saturated carbocycles. The summed E-state index contributed by atoms with van der Waals surface area (Å²) in [6.07, 6.45) is 0. The van der Waals surface area contributed by atoms with E-state index in [-0.39, 0.29) is 11.5 Å². The number of aromatic amines is 1. The normalized spacial score (nSPS) is 11.9. The molecule has 0 saturated heterocycles. The highest BCUT2D eigenvalue weighted by Gasteiger charge is 2.17. The first-order valence-electron chi connectivity index (χ1n) is 7.02. The lowest BCUT2D eigenvalue weighted by atomic mass is 10.1. The van der Waals surface area contributed by atoms with Crippen LogP contribution in [0, 0.1) is 0 Å². The second-order valence-corrected chi connectivity index (χ2v) is 6.96. The molecule has 2 aromatic heterocycles. The molecular weight excluding hydrogens is 346 g/mol. The number of carbonyl (C=O) groups excluding carboxylic acids is 1. The highest BCUT2D eigenvalue weighted by molar-refractivity contribution is 8.00. The third kappa shape index (κ3) is 4.06. The van der Waals surface area contributed by atoms with Gasteiger partial charge >= 0.3 is 0 Å². The highest BCUT2D eigenvalue weighted by atomic mass is 32.2. The Bertz CT molecular complexity index is 880. The minimum absolute atomic E-state index is 0.232. The average Bonchev–Trinajstić information content (AvgIpc) is 3.08. The Morgan fingerprint density at radius 2 is 2.12 bits per heavy atom. The van der Waals surface area contributed by atoms with Gasteiger partial charge in [0.25, 0.3) is 5.56 Å². The van der Waals surface area contributed by atoms with Gasteiger partial charge in [-0.15, -0.1) is 10.2 Å². The van der Waals surface area contributed by atoms with Crippen LogP contribution in [0.2, 0.25) is 0 Å². The van der Waals surface area contributed by atoms with Gasteiger partial charge in [-0.05, 0) is 6.92 Å². The maximum atomic E-state index is 12.1. The first-order chi connectivity index (χ1) is 11.6. The molecule has 0 unspecified atom stereocenters. The molecule has 0 fully saturated rings. The summed E-state index contributed by atoms with van der Waals surface area (Å²) in [7, 11) is 0. The second-order valence-electron chi connectivity index (χ2n) is 4.80. The minimum Gasteiger partial charge on any atom is -0.301 e. The van der Waals surface area contributed by atoms with Gasteiger partial charge in [-0.3, -0.25) is 14.9 Å². The van der Waals surface area contributed by atoms with Crippen molar-refractivity contribution >= 4 is 34.1 Å². The fourth-order valence-corrected chi connectivity index (χ4v) is 3.16. The largest absolute Gasteiger partial charge is 0.301 e. The third-order valence-electron chi connectivity index (χ3n) is 3.04. The number of hydrogen-bond acceptors (Lipinski definition) is 7. The lowest BCUT2D eigenvalue weighted by Crippen LogP contribution is -2.23. The van der Waals surface area contributed by atoms with Gasteiger partial charge in [0.2, 0.25) is 11.0 Å². The molecule has 24 heavy (non-hydrogen) atoms. The van der Waals surface area contributed by atoms with Crippen molar-refractivity contribution in [3.8, 4) is 11.3 Å². The van der Waals surface area contributed by atoms with Crippen LogP contribution in [-0.4, -0.2) is 31.3 Å². The zero-order chi connectivity index (χ0) is 16.9. The molecule has 0 bridgehead atoms. The van der Waals surface area contributed by atoms with Crippen molar-refractivity contribution < 1.29 is 4.79 Å². The standard InChI is InChI=1S/C15H13N5O2S2/c1-9(13(22)19-15-20-16-8-23-15)24-14-17-11(7-12(21)18-14)10-5-3-2-4-6-10/h2-9H,1H3,(H,17,18,21)(H,19,20,22)/t9-/m0/s1. The van der Waals surface area contributed by atoms with E-state index in [2.05, 4.69) is 25.5 Å². The predicted octanol–water partition coefficient (Wildman–Crippen LogP) is 2.41. The first-order valence-corrected chi connectivity index (χ1v) is 8.78. The van der Waals surface area contributed by atoms with Crippen molar-refractivity contribution in [3.63, 3.8) is 0 Å². The van der Waals surface area contributed by atoms with E-state index in [4.69, 9.17) is 0 Å². The zero-order valence-electron chi connectivity index (χ0n) is 12.6. The Hall–Kier alpha value is -2.52. The number of H-pyrrole nitrogens is 1. The van der Waals surface area contributed by atoms with Crippen molar-refractivity contribution in [1.82, 2.24) is 20.2 Å². The Labute approximate surface area is 145 Å². The minimum atomic E-state index is -0.455. The molecule has 7 nitrogen and oxygen atoms in total. The van der Waals surface area contributed by atoms with Crippen molar-refractivity contribution in [3.05, 3.63) is 52.3 Å². The van der Waals surface area contributed by atoms with Gasteiger partial charge in [0.15, 0.2) is 5.16 Å². The maximum Gasteiger partial charge on any atom is 0.252 e. The predicted molar refractivity (Wildman–Crippen MR) is 94.2 cm³/mol. The Morgan fingerprint density at radius 1 is 1.33 bits per heavy atom. The van der Waals surface area contributed by atoms with Crippen LogP contribution in [0.1, 0.15) is 6.92 Å². The lowest BCUT2D eigenvalue weighted by molar-refractivity contribution is -0.115. The molecule has 9 heteroatoms. The molecule has 3 aromatic rings. The number of benzene rings is 1. The monoisotopic (exact) mass is 359 g/mol. The van der Waals surface area contributed by atoms with Crippen molar-refractivity contribution in [2.75, 3.05) is 5.32 Å². The number of amides is 1. The quantitative estimate of drug-likeness (QED) is 0.536. The number of hydrogen-bond donors (Lipinski definition) is 2. The molecule has 1 atom stereocenters. The second kappa shape index (κ2) is 7.37. The van der Waals surface area contributed by atoms with E-state index in [9.17, 15) is 9.59 Å². The molecule has 3 rings (SSSR count). The summed E-state index contributed by atoms with van der Waals surface area (Å²) in [6.45, 7) is 1.73. The van der Waals surface area contributed by atoms with E-state index in [1.165, 1.54) is 34.7 Å². The highest BCUT2D eigenvalue weighted by Crippen LogP contribution is 2.23. The van der Waals surface area contributed by atoms with E-state index in [1.807, 2.05) is 30.3 Å². The van der Waals surface area contributed by atoms with Crippen molar-refractivity contribution in [2.45, 2.75) is 17.3 Å². The third-order valence-corrected chi connectivity index (χ3v) is 4.63. The molecule has 0 radical (unpaired) electrons. The average molecular weight is 359 g/mol. The Balaban J connectivity index is 1.76. The van der Waals surface area contributed by atoms with Gasteiger partial charge in [-0.2, -0.15) is 0 Å². The zero-order valence-corrected chi connectivity index (χ0v) is 14.2. The molecular formula is C15H13N5O2S2. The molecule has 1 aromatic carbocycles. The van der Waals surface area contributed by atoms with Gasteiger partial charge < -0.3 is 4.98 Å². The van der Waals surface area contributed by atoms with Gasteiger partial charge in [0.1, 0.15) is 5.51 Å². The van der Waals surface area contributed by atoms with Crippen LogP contribution in [0.3, 0.4) is 0 Å². The number of rotatable bonds is 5. The fourth-order valence-electron chi connectivity index (χ4n) is 1.90. The summed E-state index contributed by atoms with van der Waals surface area (Å²) < 4.78 is 0. The van der Waals surface area contributed by atoms with Gasteiger partial charge in [0.05, 0.1) is 10.9 Å². The molecule has 0 aliphatic heterocycles. The molecule has 2 heterocycles. The van der Waals surface area contributed by atoms with Crippen LogP contribution in [-0.2, 0) is 4.79 Å². The summed E-state index contributed by atoms with van der Waals surface area (Å²) in [5, 5.41) is 10.5. The first kappa shape index (κ1) is 16.3. The molecule has 0 spiro atoms. The van der Waals surface area contributed by atoms with Gasteiger partial charge in [0, 0.05) is 11.6 Å². The number of nitrogens with one attached hydrogen (secondary N) is 2. The van der Waals surface area contributed by atoms with E-state index in [1.54, 1.807) is 6.92 Å². The molecule has 0 aliphatic rings. The number of thioether (sulfide) groups is 1. The molecule has 2 N–H and O–H groups in total. The smallest absolute Gasteiger partial charge is 0.252 e. The van der Waals surface area contributed by atoms with Crippen LogP contribution < -0.4 is 10.9 Å². The van der Waals surface area contributed by atoms with Gasteiger partial charge in [-0.25, -0.2) is 4.98 Å². The van der Waals surface area contributed by atoms with Crippen LogP contribution in [0.15, 0.2) is 51.9 Å². The fraction of sp³-hybridized carbons (Fsp3) is 0.133. The number of carbonyl (C=O) groups is 1. The number of aromatic nitrogens is 4. The maximum absolute atomic E-state index is 12.1. The molecule has 0 aliphatic carbocycles. The molecule has 122 valence electrons. The van der Waals surface area contributed by atoms with Gasteiger partial charge in [-0.1, -0.05) is 53.4 Å². The summed E-state index contributed by atoms with van der Waals surface area (Å²) in [4.78, 5) is 31.1. The summed E-state index contributed by atoms with van der Waals surface area (Å²) in [5.41, 5.74) is 2.69. The lowest BCUT2D eigenvalue weighted by Gasteiger charge is -2.10. The summed E-state index contributed by atoms with van der Waals surface area (Å²) in [5.74, 6) is -0.232. The van der Waals surface area contributed by atoms with E-state index >= 15 is 0 Å². The SMILES string of the molecule is C[C@H](Sc1nc(-c2ccccc2)cc(=O)[nH]1)C(=O)Nc1nncs1. The van der Waals surface area contributed by atoms with Crippen molar-refractivity contribution in [2.24, 2.45) is 0 Å². The van der Waals surface area contributed by atoms with E-state index in [0.29, 0.717) is 16.0 Å². The topological polar surface area (TPSA) is 101 Å². The van der Waals surface area contributed by atoms with Crippen LogP contribution in [0.5, 0.6) is 0 Å². The van der Waals surface area contributed by atoms with Crippen LogP contribution >= 0.6 is 23.1 Å². The van der Waals surface area contributed by atoms with Crippen molar-refractivity contribution in [1.29, 1.82) is 0 Å². The Morgan fingerprint density at radius 3 is 2.83 bits per heavy atom. The van der Waals surface area contributed by atoms with Crippen LogP contribution in [0.4, 0.5) is 5.13 Å². The summed E-state index contributed by atoms with van der Waals surface area (Å²) >= 11 is 2.41.